The summed E-state index contributed by atoms with van der Waals surface area (Å²) in [6.45, 7) is 3.99. The van der Waals surface area contributed by atoms with E-state index in [0.717, 1.165) is 11.3 Å². The standard InChI is InChI=1S/C12H20N2O4S2.ClH/c1-4-12(13,5-2)8-14-20(16,17)9-6-10(19-7-9)11(15)18-3;/h6-7,14H,4-5,8,13H2,1-3H3;1H. The predicted molar refractivity (Wildman–Crippen MR) is 85.6 cm³/mol. The zero-order chi connectivity index (χ0) is 15.4. The second kappa shape index (κ2) is 8.09. The molecule has 122 valence electrons. The molecular formula is C12H21ClN2O4S2. The molecule has 0 aliphatic carbocycles. The van der Waals surface area contributed by atoms with Crippen LogP contribution in [0, 0.1) is 0 Å². The van der Waals surface area contributed by atoms with Crippen LogP contribution in [0.5, 0.6) is 0 Å². The molecule has 0 unspecified atom stereocenters. The van der Waals surface area contributed by atoms with Crippen LogP contribution in [0.1, 0.15) is 36.4 Å². The third kappa shape index (κ3) is 5.23. The first-order valence-electron chi connectivity index (χ1n) is 6.23. The van der Waals surface area contributed by atoms with Gasteiger partial charge in [0.15, 0.2) is 0 Å². The van der Waals surface area contributed by atoms with Gasteiger partial charge in [-0.2, -0.15) is 0 Å². The van der Waals surface area contributed by atoms with E-state index in [9.17, 15) is 13.2 Å². The highest BCUT2D eigenvalue weighted by Crippen LogP contribution is 2.20. The van der Waals surface area contributed by atoms with Crippen LogP contribution in [0.25, 0.3) is 0 Å². The molecule has 0 saturated carbocycles. The summed E-state index contributed by atoms with van der Waals surface area (Å²) in [4.78, 5) is 11.6. The molecular weight excluding hydrogens is 336 g/mol. The number of sulfonamides is 1. The summed E-state index contributed by atoms with van der Waals surface area (Å²) < 4.78 is 31.3. The summed E-state index contributed by atoms with van der Waals surface area (Å²) in [5.41, 5.74) is 5.50. The summed E-state index contributed by atoms with van der Waals surface area (Å²) in [5.74, 6) is -0.549. The Kier molecular flexibility index (Phi) is 7.83. The fourth-order valence-electron chi connectivity index (χ4n) is 1.49. The van der Waals surface area contributed by atoms with Crippen LogP contribution >= 0.6 is 23.7 Å². The van der Waals surface area contributed by atoms with Crippen LogP contribution in [0.4, 0.5) is 0 Å². The average molecular weight is 357 g/mol. The Bertz CT molecular complexity index is 568. The van der Waals surface area contributed by atoms with Gasteiger partial charge in [0.2, 0.25) is 10.0 Å². The highest BCUT2D eigenvalue weighted by molar-refractivity contribution is 7.89. The van der Waals surface area contributed by atoms with Crippen molar-refractivity contribution >= 4 is 39.7 Å². The van der Waals surface area contributed by atoms with Gasteiger partial charge in [-0.05, 0) is 18.9 Å². The van der Waals surface area contributed by atoms with Crippen LogP contribution in [-0.4, -0.2) is 33.6 Å². The molecule has 0 aliphatic heterocycles. The highest BCUT2D eigenvalue weighted by Gasteiger charge is 2.25. The molecule has 9 heteroatoms. The highest BCUT2D eigenvalue weighted by atomic mass is 35.5. The number of carbonyl (C=O) groups is 1. The lowest BCUT2D eigenvalue weighted by atomic mass is 9.95. The minimum absolute atomic E-state index is 0. The van der Waals surface area contributed by atoms with Crippen LogP contribution in [0.3, 0.4) is 0 Å². The number of methoxy groups -OCH3 is 1. The number of rotatable bonds is 7. The van der Waals surface area contributed by atoms with Crippen LogP contribution in [0.15, 0.2) is 16.3 Å². The summed E-state index contributed by atoms with van der Waals surface area (Å²) >= 11 is 1.03. The molecule has 0 amide bonds. The van der Waals surface area contributed by atoms with E-state index in [1.807, 2.05) is 13.8 Å². The van der Waals surface area contributed by atoms with Gasteiger partial charge >= 0.3 is 5.97 Å². The zero-order valence-corrected chi connectivity index (χ0v) is 14.7. The van der Waals surface area contributed by atoms with Crippen LogP contribution in [-0.2, 0) is 14.8 Å². The predicted octanol–water partition coefficient (Wildman–Crippen LogP) is 1.75. The fourth-order valence-corrected chi connectivity index (χ4v) is 3.82. The number of nitrogens with two attached hydrogens (primary N) is 1. The van der Waals surface area contributed by atoms with E-state index in [1.54, 1.807) is 0 Å². The van der Waals surface area contributed by atoms with Gasteiger partial charge in [0.1, 0.15) is 4.88 Å². The Morgan fingerprint density at radius 3 is 2.48 bits per heavy atom. The van der Waals surface area contributed by atoms with Crippen molar-refractivity contribution in [2.75, 3.05) is 13.7 Å². The van der Waals surface area contributed by atoms with Crippen molar-refractivity contribution in [3.8, 4) is 0 Å². The van der Waals surface area contributed by atoms with E-state index in [0.29, 0.717) is 12.8 Å². The number of hydrogen-bond donors (Lipinski definition) is 2. The Balaban J connectivity index is 0.00000400. The fraction of sp³-hybridized carbons (Fsp3) is 0.583. The molecule has 1 heterocycles. The Morgan fingerprint density at radius 2 is 2.00 bits per heavy atom. The monoisotopic (exact) mass is 356 g/mol. The molecule has 21 heavy (non-hydrogen) atoms. The largest absolute Gasteiger partial charge is 0.465 e. The van der Waals surface area contributed by atoms with Gasteiger partial charge in [0.25, 0.3) is 0 Å². The quantitative estimate of drug-likeness (QED) is 0.725. The van der Waals surface area contributed by atoms with E-state index >= 15 is 0 Å². The SMILES string of the molecule is CCC(N)(CC)CNS(=O)(=O)c1csc(C(=O)OC)c1.Cl. The maximum absolute atomic E-state index is 12.1. The van der Waals surface area contributed by atoms with E-state index in [-0.39, 0.29) is 28.7 Å². The van der Waals surface area contributed by atoms with Crippen molar-refractivity contribution in [1.82, 2.24) is 4.72 Å². The minimum Gasteiger partial charge on any atom is -0.465 e. The van der Waals surface area contributed by atoms with Crippen LogP contribution < -0.4 is 10.5 Å². The average Bonchev–Trinajstić information content (AvgIpc) is 2.94. The summed E-state index contributed by atoms with van der Waals surface area (Å²) in [6.07, 6.45) is 1.34. The molecule has 0 atom stereocenters. The van der Waals surface area contributed by atoms with Crippen molar-refractivity contribution in [2.24, 2.45) is 5.73 Å². The lowest BCUT2D eigenvalue weighted by Gasteiger charge is -2.26. The van der Waals surface area contributed by atoms with Crippen molar-refractivity contribution in [3.05, 3.63) is 16.3 Å². The number of halogens is 1. The smallest absolute Gasteiger partial charge is 0.348 e. The molecule has 3 N–H and O–H groups in total. The van der Waals surface area contributed by atoms with E-state index in [1.165, 1.54) is 18.6 Å². The topological polar surface area (TPSA) is 98.5 Å². The first-order valence-corrected chi connectivity index (χ1v) is 8.59. The van der Waals surface area contributed by atoms with Gasteiger partial charge in [0, 0.05) is 17.5 Å². The molecule has 0 fully saturated rings. The molecule has 0 bridgehead atoms. The first-order chi connectivity index (χ1) is 9.28. The van der Waals surface area contributed by atoms with Gasteiger partial charge < -0.3 is 10.5 Å². The second-order valence-corrected chi connectivity index (χ2v) is 7.21. The number of ether oxygens (including phenoxy) is 1. The summed E-state index contributed by atoms with van der Waals surface area (Å²) in [7, 11) is -2.41. The molecule has 0 spiro atoms. The number of nitrogens with one attached hydrogen (secondary N) is 1. The van der Waals surface area contributed by atoms with E-state index in [4.69, 9.17) is 5.73 Å². The van der Waals surface area contributed by atoms with Crippen molar-refractivity contribution in [1.29, 1.82) is 0 Å². The number of carbonyl (C=O) groups excluding carboxylic acids is 1. The number of thiophene rings is 1. The molecule has 0 radical (unpaired) electrons. The molecule has 0 aliphatic rings. The molecule has 1 aromatic rings. The normalized spacial score (nSPS) is 11.8. The minimum atomic E-state index is -3.66. The molecule has 0 aromatic carbocycles. The van der Waals surface area contributed by atoms with Crippen molar-refractivity contribution in [3.63, 3.8) is 0 Å². The third-order valence-corrected chi connectivity index (χ3v) is 5.73. The molecule has 1 rings (SSSR count). The molecule has 1 aromatic heterocycles. The lowest BCUT2D eigenvalue weighted by Crippen LogP contribution is -2.49. The second-order valence-electron chi connectivity index (χ2n) is 4.53. The van der Waals surface area contributed by atoms with Crippen LogP contribution in [0.2, 0.25) is 0 Å². The number of esters is 1. The lowest BCUT2D eigenvalue weighted by molar-refractivity contribution is 0.0606. The van der Waals surface area contributed by atoms with Gasteiger partial charge in [-0.15, -0.1) is 23.7 Å². The summed E-state index contributed by atoms with van der Waals surface area (Å²) in [6, 6.07) is 1.30. The van der Waals surface area contributed by atoms with E-state index in [2.05, 4.69) is 9.46 Å². The Labute approximate surface area is 135 Å². The third-order valence-electron chi connectivity index (χ3n) is 3.29. The maximum Gasteiger partial charge on any atom is 0.348 e. The van der Waals surface area contributed by atoms with E-state index < -0.39 is 21.5 Å². The van der Waals surface area contributed by atoms with Crippen molar-refractivity contribution < 1.29 is 17.9 Å². The van der Waals surface area contributed by atoms with Gasteiger partial charge in [-0.25, -0.2) is 17.9 Å². The van der Waals surface area contributed by atoms with Gasteiger partial charge in [-0.3, -0.25) is 0 Å². The summed E-state index contributed by atoms with van der Waals surface area (Å²) in [5, 5.41) is 1.41. The number of hydrogen-bond acceptors (Lipinski definition) is 6. The van der Waals surface area contributed by atoms with Crippen molar-refractivity contribution in [2.45, 2.75) is 37.1 Å². The molecule has 0 saturated heterocycles. The Hall–Kier alpha value is -0.670. The first kappa shape index (κ1) is 20.3. The zero-order valence-electron chi connectivity index (χ0n) is 12.2. The maximum atomic E-state index is 12.1. The van der Waals surface area contributed by atoms with Gasteiger partial charge in [0.05, 0.1) is 12.0 Å². The molecule has 6 nitrogen and oxygen atoms in total. The Morgan fingerprint density at radius 1 is 1.43 bits per heavy atom. The van der Waals surface area contributed by atoms with Gasteiger partial charge in [-0.1, -0.05) is 13.8 Å².